The summed E-state index contributed by atoms with van der Waals surface area (Å²) < 4.78 is 24.1. The Balaban J connectivity index is 2.46. The molecule has 0 aromatic heterocycles. The zero-order valence-electron chi connectivity index (χ0n) is 10.4. The summed E-state index contributed by atoms with van der Waals surface area (Å²) in [4.78, 5) is 11.9. The van der Waals surface area contributed by atoms with E-state index in [2.05, 4.69) is 5.32 Å². The highest BCUT2D eigenvalue weighted by atomic mass is 19.3. The van der Waals surface area contributed by atoms with E-state index in [1.54, 1.807) is 0 Å². The molecule has 3 nitrogen and oxygen atoms in total. The number of carbonyl (C=O) groups is 1. The highest BCUT2D eigenvalue weighted by Gasteiger charge is 2.37. The molecule has 0 heterocycles. The summed E-state index contributed by atoms with van der Waals surface area (Å²) in [7, 11) is 0. The molecule has 0 bridgehead atoms. The summed E-state index contributed by atoms with van der Waals surface area (Å²) in [6, 6.07) is 0. The van der Waals surface area contributed by atoms with Gasteiger partial charge in [0, 0.05) is 12.5 Å². The number of hydrogen-bond donors (Lipinski definition) is 2. The van der Waals surface area contributed by atoms with Crippen LogP contribution in [0, 0.1) is 11.3 Å². The Bertz CT molecular complexity index is 269. The quantitative estimate of drug-likeness (QED) is 0.800. The summed E-state index contributed by atoms with van der Waals surface area (Å²) in [6.07, 6.45) is -0.707. The van der Waals surface area contributed by atoms with Gasteiger partial charge in [0.25, 0.3) is 6.43 Å². The van der Waals surface area contributed by atoms with E-state index in [-0.39, 0.29) is 23.8 Å². The van der Waals surface area contributed by atoms with Crippen LogP contribution in [0.15, 0.2) is 0 Å². The molecule has 100 valence electrons. The van der Waals surface area contributed by atoms with Gasteiger partial charge in [0.1, 0.15) is 6.10 Å². The largest absolute Gasteiger partial charge is 0.385 e. The summed E-state index contributed by atoms with van der Waals surface area (Å²) in [5.41, 5.74) is -0.0852. The molecule has 2 unspecified atom stereocenters. The predicted molar refractivity (Wildman–Crippen MR) is 60.8 cm³/mol. The number of aliphatic hydroxyl groups is 1. The van der Waals surface area contributed by atoms with Crippen LogP contribution in [0.5, 0.6) is 0 Å². The van der Waals surface area contributed by atoms with Crippen molar-refractivity contribution in [1.82, 2.24) is 5.32 Å². The summed E-state index contributed by atoms with van der Waals surface area (Å²) >= 11 is 0. The molecule has 17 heavy (non-hydrogen) atoms. The molecule has 0 spiro atoms. The first-order valence-electron chi connectivity index (χ1n) is 6.08. The Kier molecular flexibility index (Phi) is 4.86. The number of hydrogen-bond acceptors (Lipinski definition) is 2. The fraction of sp³-hybridized carbons (Fsp3) is 0.917. The second kappa shape index (κ2) is 5.76. The lowest BCUT2D eigenvalue weighted by atomic mass is 9.68. The topological polar surface area (TPSA) is 49.3 Å². The average molecular weight is 249 g/mol. The van der Waals surface area contributed by atoms with E-state index in [4.69, 9.17) is 5.11 Å². The highest BCUT2D eigenvalue weighted by Crippen LogP contribution is 2.40. The van der Waals surface area contributed by atoms with Crippen LogP contribution in [0.2, 0.25) is 0 Å². The van der Waals surface area contributed by atoms with Crippen molar-refractivity contribution < 1.29 is 18.7 Å². The normalized spacial score (nSPS) is 25.6. The third-order valence-electron chi connectivity index (χ3n) is 3.60. The highest BCUT2D eigenvalue weighted by molar-refractivity contribution is 5.79. The van der Waals surface area contributed by atoms with Crippen LogP contribution in [0.25, 0.3) is 0 Å². The van der Waals surface area contributed by atoms with Crippen LogP contribution in [0.3, 0.4) is 0 Å². The average Bonchev–Trinajstić information content (AvgIpc) is 2.24. The maximum Gasteiger partial charge on any atom is 0.265 e. The zero-order chi connectivity index (χ0) is 13.1. The van der Waals surface area contributed by atoms with Gasteiger partial charge >= 0.3 is 0 Å². The van der Waals surface area contributed by atoms with Gasteiger partial charge in [-0.1, -0.05) is 26.7 Å². The molecule has 1 amide bonds. The molecule has 1 aliphatic carbocycles. The monoisotopic (exact) mass is 249 g/mol. The molecule has 1 saturated carbocycles. The summed E-state index contributed by atoms with van der Waals surface area (Å²) in [5.74, 6) is -0.351. The first-order chi connectivity index (χ1) is 7.84. The number of nitrogens with one attached hydrogen (secondary N) is 1. The molecular formula is C12H21F2NO2. The minimum absolute atomic E-state index is 0.0852. The van der Waals surface area contributed by atoms with Crippen molar-refractivity contribution in [2.75, 3.05) is 6.54 Å². The van der Waals surface area contributed by atoms with Gasteiger partial charge < -0.3 is 10.4 Å². The van der Waals surface area contributed by atoms with Crippen molar-refractivity contribution in [3.8, 4) is 0 Å². The molecule has 5 heteroatoms. The molecule has 0 aliphatic heterocycles. The van der Waals surface area contributed by atoms with Crippen molar-refractivity contribution in [2.45, 2.75) is 52.1 Å². The van der Waals surface area contributed by atoms with Crippen LogP contribution in [0.1, 0.15) is 39.5 Å². The fourth-order valence-corrected chi connectivity index (χ4v) is 2.40. The van der Waals surface area contributed by atoms with E-state index in [0.29, 0.717) is 0 Å². The molecule has 0 saturated heterocycles. The minimum Gasteiger partial charge on any atom is -0.385 e. The third kappa shape index (κ3) is 3.91. The lowest BCUT2D eigenvalue weighted by Gasteiger charge is -2.37. The molecular weight excluding hydrogens is 228 g/mol. The first-order valence-corrected chi connectivity index (χ1v) is 6.08. The van der Waals surface area contributed by atoms with Crippen molar-refractivity contribution in [3.63, 3.8) is 0 Å². The van der Waals surface area contributed by atoms with Crippen LogP contribution >= 0.6 is 0 Å². The van der Waals surface area contributed by atoms with Gasteiger partial charge in [0.15, 0.2) is 0 Å². The van der Waals surface area contributed by atoms with Gasteiger partial charge in [-0.05, 0) is 18.3 Å². The van der Waals surface area contributed by atoms with Crippen LogP contribution in [-0.4, -0.2) is 30.1 Å². The van der Waals surface area contributed by atoms with E-state index in [0.717, 1.165) is 25.7 Å². The standard InChI is InChI=1S/C12H21F2NO2/c1-12(2)6-4-3-5-8(12)11(17)15-7-9(16)10(13)14/h8-10,16H,3-7H2,1-2H3,(H,15,17). The van der Waals surface area contributed by atoms with Crippen molar-refractivity contribution >= 4 is 5.91 Å². The van der Waals surface area contributed by atoms with Crippen molar-refractivity contribution in [3.05, 3.63) is 0 Å². The van der Waals surface area contributed by atoms with E-state index in [1.165, 1.54) is 0 Å². The summed E-state index contributed by atoms with van der Waals surface area (Å²) in [5, 5.41) is 11.4. The molecule has 0 radical (unpaired) electrons. The number of rotatable bonds is 4. The Morgan fingerprint density at radius 1 is 1.47 bits per heavy atom. The molecule has 2 N–H and O–H groups in total. The lowest BCUT2D eigenvalue weighted by molar-refractivity contribution is -0.131. The Labute approximate surface area is 101 Å². The van der Waals surface area contributed by atoms with Gasteiger partial charge in [-0.2, -0.15) is 0 Å². The number of alkyl halides is 2. The number of halogens is 2. The molecule has 1 fully saturated rings. The van der Waals surface area contributed by atoms with Gasteiger partial charge in [0.2, 0.25) is 5.91 Å². The van der Waals surface area contributed by atoms with Crippen LogP contribution in [0.4, 0.5) is 8.78 Å². The second-order valence-electron chi connectivity index (χ2n) is 5.43. The van der Waals surface area contributed by atoms with Crippen LogP contribution in [-0.2, 0) is 4.79 Å². The van der Waals surface area contributed by atoms with Crippen molar-refractivity contribution in [1.29, 1.82) is 0 Å². The molecule has 1 aliphatic rings. The van der Waals surface area contributed by atoms with E-state index >= 15 is 0 Å². The second-order valence-corrected chi connectivity index (χ2v) is 5.43. The van der Waals surface area contributed by atoms with E-state index in [1.807, 2.05) is 13.8 Å². The zero-order valence-corrected chi connectivity index (χ0v) is 10.4. The molecule has 2 atom stereocenters. The molecule has 0 aromatic rings. The van der Waals surface area contributed by atoms with Gasteiger partial charge in [0.05, 0.1) is 0 Å². The fourth-order valence-electron chi connectivity index (χ4n) is 2.40. The smallest absolute Gasteiger partial charge is 0.265 e. The predicted octanol–water partition coefficient (Wildman–Crippen LogP) is 1.95. The maximum absolute atomic E-state index is 12.1. The molecule has 1 rings (SSSR count). The van der Waals surface area contributed by atoms with Crippen molar-refractivity contribution in [2.24, 2.45) is 11.3 Å². The maximum atomic E-state index is 12.1. The number of carbonyl (C=O) groups excluding carboxylic acids is 1. The van der Waals surface area contributed by atoms with Gasteiger partial charge in [-0.25, -0.2) is 8.78 Å². The Hall–Kier alpha value is -0.710. The first kappa shape index (κ1) is 14.4. The SMILES string of the molecule is CC1(C)CCCCC1C(=O)NCC(O)C(F)F. The van der Waals surface area contributed by atoms with Gasteiger partial charge in [-0.15, -0.1) is 0 Å². The molecule has 0 aromatic carbocycles. The van der Waals surface area contributed by atoms with E-state index in [9.17, 15) is 13.6 Å². The number of aliphatic hydroxyl groups excluding tert-OH is 1. The Morgan fingerprint density at radius 3 is 2.65 bits per heavy atom. The lowest BCUT2D eigenvalue weighted by Crippen LogP contribution is -2.44. The number of amides is 1. The third-order valence-corrected chi connectivity index (χ3v) is 3.60. The van der Waals surface area contributed by atoms with Gasteiger partial charge in [-0.3, -0.25) is 4.79 Å². The van der Waals surface area contributed by atoms with Crippen LogP contribution < -0.4 is 5.32 Å². The Morgan fingerprint density at radius 2 is 2.12 bits per heavy atom. The summed E-state index contributed by atoms with van der Waals surface area (Å²) in [6.45, 7) is 3.68. The minimum atomic E-state index is -2.81. The van der Waals surface area contributed by atoms with E-state index < -0.39 is 12.5 Å².